The van der Waals surface area contributed by atoms with Gasteiger partial charge in [0.25, 0.3) is 0 Å². The lowest BCUT2D eigenvalue weighted by Gasteiger charge is -2.35. The Morgan fingerprint density at radius 1 is 0.953 bits per heavy atom. The predicted molar refractivity (Wildman–Crippen MR) is 172 cm³/mol. The summed E-state index contributed by atoms with van der Waals surface area (Å²) >= 11 is 6.47. The Kier molecular flexibility index (Phi) is 12.5. The molecular formula is C35H48ClN3O4. The zero-order chi connectivity index (χ0) is 30.8. The maximum atomic E-state index is 13.7. The highest BCUT2D eigenvalue weighted by atomic mass is 35.5. The molecule has 2 heterocycles. The Morgan fingerprint density at radius 3 is 2.26 bits per heavy atom. The molecule has 8 heteroatoms. The Bertz CT molecular complexity index is 1220. The second-order valence-electron chi connectivity index (χ2n) is 12.2. The van der Waals surface area contributed by atoms with Crippen LogP contribution in [0.1, 0.15) is 69.1 Å². The van der Waals surface area contributed by atoms with Crippen molar-refractivity contribution in [3.05, 3.63) is 64.2 Å². The summed E-state index contributed by atoms with van der Waals surface area (Å²) in [5.74, 6) is 0.697. The maximum absolute atomic E-state index is 13.7. The third-order valence-electron chi connectivity index (χ3n) is 9.06. The summed E-state index contributed by atoms with van der Waals surface area (Å²) in [6.07, 6.45) is 6.90. The van der Waals surface area contributed by atoms with E-state index in [1.165, 1.54) is 24.0 Å². The zero-order valence-electron chi connectivity index (χ0n) is 26.2. The smallest absolute Gasteiger partial charge is 0.306 e. The van der Waals surface area contributed by atoms with Gasteiger partial charge in [0, 0.05) is 49.6 Å². The standard InChI is InChI=1S/C35H48ClN3O4/c1-4-43-34(41)13-11-28-7-9-29(10-8-28)24-30-14-20-37(21-15-30)18-5-19-39(32-12-6-26(2)33(36)25-32)35(42)31-16-22-38(23-17-31)27(3)40/h6-10,12,25,30-31H,4-5,11,13-24H2,1-3H3. The van der Waals surface area contributed by atoms with Crippen LogP contribution in [0.25, 0.3) is 0 Å². The highest BCUT2D eigenvalue weighted by Crippen LogP contribution is 2.28. The van der Waals surface area contributed by atoms with E-state index >= 15 is 0 Å². The van der Waals surface area contributed by atoms with Gasteiger partial charge in [-0.25, -0.2) is 0 Å². The lowest BCUT2D eigenvalue weighted by molar-refractivity contribution is -0.143. The van der Waals surface area contributed by atoms with Crippen molar-refractivity contribution < 1.29 is 19.1 Å². The number of esters is 1. The van der Waals surface area contributed by atoms with Crippen LogP contribution in [0.5, 0.6) is 0 Å². The molecule has 4 rings (SSSR count). The molecule has 2 aromatic carbocycles. The number of likely N-dealkylation sites (tertiary alicyclic amines) is 2. The van der Waals surface area contributed by atoms with Crippen molar-refractivity contribution in [1.29, 1.82) is 0 Å². The summed E-state index contributed by atoms with van der Waals surface area (Å²) in [6.45, 7) is 10.9. The van der Waals surface area contributed by atoms with Gasteiger partial charge < -0.3 is 19.4 Å². The summed E-state index contributed by atoms with van der Waals surface area (Å²) in [4.78, 5) is 43.4. The molecule has 234 valence electrons. The largest absolute Gasteiger partial charge is 0.466 e. The van der Waals surface area contributed by atoms with Crippen molar-refractivity contribution in [2.75, 3.05) is 50.8 Å². The third kappa shape index (κ3) is 9.80. The number of anilines is 1. The van der Waals surface area contributed by atoms with Gasteiger partial charge in [-0.3, -0.25) is 14.4 Å². The van der Waals surface area contributed by atoms with Gasteiger partial charge in [-0.15, -0.1) is 0 Å². The van der Waals surface area contributed by atoms with E-state index in [2.05, 4.69) is 29.2 Å². The van der Waals surface area contributed by atoms with Gasteiger partial charge in [0.15, 0.2) is 0 Å². The number of aryl methyl sites for hydroxylation is 2. The SMILES string of the molecule is CCOC(=O)CCc1ccc(CC2CCN(CCCN(C(=O)C3CCN(C(C)=O)CC3)c3ccc(C)c(Cl)c3)CC2)cc1. The fraction of sp³-hybridized carbons (Fsp3) is 0.571. The van der Waals surface area contributed by atoms with Gasteiger partial charge in [-0.05, 0) is 113 Å². The Hall–Kier alpha value is -2.90. The number of benzene rings is 2. The fourth-order valence-corrected chi connectivity index (χ4v) is 6.47. The second-order valence-corrected chi connectivity index (χ2v) is 12.6. The number of hydrogen-bond donors (Lipinski definition) is 0. The van der Waals surface area contributed by atoms with Gasteiger partial charge in [-0.2, -0.15) is 0 Å². The zero-order valence-corrected chi connectivity index (χ0v) is 26.9. The van der Waals surface area contributed by atoms with Crippen molar-refractivity contribution >= 4 is 35.1 Å². The topological polar surface area (TPSA) is 70.2 Å². The van der Waals surface area contributed by atoms with Crippen molar-refractivity contribution in [3.8, 4) is 0 Å². The molecule has 0 bridgehead atoms. The molecule has 2 aliphatic rings. The van der Waals surface area contributed by atoms with Crippen LogP contribution in [0, 0.1) is 18.8 Å². The number of hydrogen-bond acceptors (Lipinski definition) is 5. The third-order valence-corrected chi connectivity index (χ3v) is 9.46. The van der Waals surface area contributed by atoms with Crippen molar-refractivity contribution in [1.82, 2.24) is 9.80 Å². The molecule has 2 saturated heterocycles. The van der Waals surface area contributed by atoms with Gasteiger partial charge in [0.2, 0.25) is 11.8 Å². The number of carbonyl (C=O) groups excluding carboxylic acids is 3. The Labute approximate surface area is 262 Å². The normalized spacial score (nSPS) is 16.7. The molecule has 2 aromatic rings. The monoisotopic (exact) mass is 609 g/mol. The second kappa shape index (κ2) is 16.2. The van der Waals surface area contributed by atoms with Crippen LogP contribution in [0.15, 0.2) is 42.5 Å². The molecule has 2 fully saturated rings. The maximum Gasteiger partial charge on any atom is 0.306 e. The van der Waals surface area contributed by atoms with Gasteiger partial charge >= 0.3 is 5.97 Å². The fourth-order valence-electron chi connectivity index (χ4n) is 6.30. The number of piperidine rings is 2. The average Bonchev–Trinajstić information content (AvgIpc) is 3.01. The van der Waals surface area contributed by atoms with Gasteiger partial charge in [0.1, 0.15) is 0 Å². The van der Waals surface area contributed by atoms with Crippen LogP contribution in [-0.4, -0.2) is 73.5 Å². The molecule has 0 unspecified atom stereocenters. The van der Waals surface area contributed by atoms with Gasteiger partial charge in [0.05, 0.1) is 6.61 Å². The molecule has 0 atom stereocenters. The molecule has 2 aliphatic heterocycles. The molecule has 43 heavy (non-hydrogen) atoms. The number of ether oxygens (including phenoxy) is 1. The average molecular weight is 610 g/mol. The number of amides is 2. The summed E-state index contributed by atoms with van der Waals surface area (Å²) in [5, 5.41) is 0.676. The van der Waals surface area contributed by atoms with E-state index < -0.39 is 0 Å². The van der Waals surface area contributed by atoms with E-state index in [1.807, 2.05) is 41.8 Å². The van der Waals surface area contributed by atoms with Crippen LogP contribution in [0.2, 0.25) is 5.02 Å². The first kappa shape index (κ1) is 33.0. The van der Waals surface area contributed by atoms with Gasteiger partial charge in [-0.1, -0.05) is 41.9 Å². The number of nitrogens with zero attached hydrogens (tertiary/aromatic N) is 3. The molecule has 7 nitrogen and oxygen atoms in total. The van der Waals surface area contributed by atoms with Crippen LogP contribution >= 0.6 is 11.6 Å². The summed E-state index contributed by atoms with van der Waals surface area (Å²) in [5.41, 5.74) is 4.40. The van der Waals surface area contributed by atoms with Crippen molar-refractivity contribution in [2.45, 2.75) is 72.1 Å². The minimum atomic E-state index is -0.136. The first-order valence-corrected chi connectivity index (χ1v) is 16.4. The first-order valence-electron chi connectivity index (χ1n) is 16.0. The van der Waals surface area contributed by atoms with Crippen molar-refractivity contribution in [2.24, 2.45) is 11.8 Å². The molecule has 0 aromatic heterocycles. The van der Waals surface area contributed by atoms with Crippen molar-refractivity contribution in [3.63, 3.8) is 0 Å². The highest BCUT2D eigenvalue weighted by Gasteiger charge is 2.30. The van der Waals surface area contributed by atoms with E-state index in [-0.39, 0.29) is 23.7 Å². The van der Waals surface area contributed by atoms with E-state index in [9.17, 15) is 14.4 Å². The lowest BCUT2D eigenvalue weighted by atomic mass is 9.89. The molecular weight excluding hydrogens is 562 g/mol. The Morgan fingerprint density at radius 2 is 1.63 bits per heavy atom. The molecule has 0 saturated carbocycles. The summed E-state index contributed by atoms with van der Waals surface area (Å²) in [7, 11) is 0. The van der Waals surface area contributed by atoms with Crippen LogP contribution < -0.4 is 4.90 Å². The van der Waals surface area contributed by atoms with E-state index in [0.29, 0.717) is 56.4 Å². The van der Waals surface area contributed by atoms with E-state index in [1.54, 1.807) is 6.92 Å². The predicted octanol–water partition coefficient (Wildman–Crippen LogP) is 6.08. The lowest BCUT2D eigenvalue weighted by Crippen LogP contribution is -2.45. The first-order chi connectivity index (χ1) is 20.7. The minimum absolute atomic E-state index is 0.0712. The minimum Gasteiger partial charge on any atom is -0.466 e. The molecule has 0 spiro atoms. The van der Waals surface area contributed by atoms with Crippen LogP contribution in [0.3, 0.4) is 0 Å². The number of carbonyl (C=O) groups is 3. The molecule has 0 radical (unpaired) electrons. The van der Waals surface area contributed by atoms with Crippen LogP contribution in [0.4, 0.5) is 5.69 Å². The summed E-state index contributed by atoms with van der Waals surface area (Å²) in [6, 6.07) is 14.6. The Balaban J connectivity index is 1.24. The quantitative estimate of drug-likeness (QED) is 0.273. The summed E-state index contributed by atoms with van der Waals surface area (Å²) < 4.78 is 5.03. The number of halogens is 1. The van der Waals surface area contributed by atoms with Crippen LogP contribution in [-0.2, 0) is 32.0 Å². The van der Waals surface area contributed by atoms with E-state index in [4.69, 9.17) is 16.3 Å². The molecule has 0 N–H and O–H groups in total. The van der Waals surface area contributed by atoms with E-state index in [0.717, 1.165) is 50.1 Å². The molecule has 0 aliphatic carbocycles. The molecule has 2 amide bonds. The highest BCUT2D eigenvalue weighted by molar-refractivity contribution is 6.31. The number of rotatable bonds is 12.